The van der Waals surface area contributed by atoms with Gasteiger partial charge in [0.05, 0.1) is 16.8 Å². The number of aromatic nitrogens is 1. The van der Waals surface area contributed by atoms with Crippen LogP contribution in [0.15, 0.2) is 42.5 Å². The maximum absolute atomic E-state index is 14.4. The van der Waals surface area contributed by atoms with Crippen LogP contribution in [0.5, 0.6) is 0 Å². The summed E-state index contributed by atoms with van der Waals surface area (Å²) in [5.74, 6) is -2.26. The van der Waals surface area contributed by atoms with Crippen LogP contribution >= 0.6 is 23.1 Å². The van der Waals surface area contributed by atoms with E-state index < -0.39 is 29.6 Å². The van der Waals surface area contributed by atoms with Crippen molar-refractivity contribution >= 4 is 52.2 Å². The largest absolute Gasteiger partial charge is 0.395 e. The molecule has 5 rings (SSSR count). The lowest BCUT2D eigenvalue weighted by Crippen LogP contribution is -2.45. The van der Waals surface area contributed by atoms with E-state index in [9.17, 15) is 18.8 Å². The first kappa shape index (κ1) is 30.9. The predicted octanol–water partition coefficient (Wildman–Crippen LogP) is 5.57. The minimum atomic E-state index is -1.18. The van der Waals surface area contributed by atoms with Crippen LogP contribution in [0.2, 0.25) is 5.02 Å². The summed E-state index contributed by atoms with van der Waals surface area (Å²) in [5, 5.41) is 5.70. The minimum Gasteiger partial charge on any atom is -0.395 e. The van der Waals surface area contributed by atoms with E-state index in [0.29, 0.717) is 12.2 Å². The van der Waals surface area contributed by atoms with Crippen LogP contribution in [0.25, 0.3) is 0 Å². The Labute approximate surface area is 259 Å². The van der Waals surface area contributed by atoms with E-state index in [1.165, 1.54) is 17.0 Å². The molecule has 2 aliphatic rings. The van der Waals surface area contributed by atoms with Crippen molar-refractivity contribution in [1.82, 2.24) is 15.0 Å². The Morgan fingerprint density at radius 1 is 1.12 bits per heavy atom. The molecule has 228 valence electrons. The van der Waals surface area contributed by atoms with E-state index in [4.69, 9.17) is 22.1 Å². The van der Waals surface area contributed by atoms with Crippen LogP contribution in [0, 0.1) is 12.7 Å². The number of hydrogen-bond donors (Lipinski definition) is 3. The number of carbonyl (C=O) groups excluding carboxylic acids is 3. The molecule has 4 N–H and O–H groups in total. The summed E-state index contributed by atoms with van der Waals surface area (Å²) < 4.78 is 24.2. The van der Waals surface area contributed by atoms with Gasteiger partial charge in [0.15, 0.2) is 5.69 Å². The zero-order valence-electron chi connectivity index (χ0n) is 23.9. The molecule has 0 spiro atoms. The van der Waals surface area contributed by atoms with E-state index in [-0.39, 0.29) is 45.7 Å². The summed E-state index contributed by atoms with van der Waals surface area (Å²) in [6.45, 7) is 2.81. The number of hydrogen-bond acceptors (Lipinski definition) is 7. The maximum Gasteiger partial charge on any atom is 0.273 e. The number of nitrogens with zero attached hydrogens (tertiary/aromatic N) is 2. The summed E-state index contributed by atoms with van der Waals surface area (Å²) in [7, 11) is 0. The fourth-order valence-electron chi connectivity index (χ4n) is 5.53. The van der Waals surface area contributed by atoms with Crippen LogP contribution in [0.4, 0.5) is 15.8 Å². The lowest BCUT2D eigenvalue weighted by atomic mass is 9.95. The normalized spacial score (nSPS) is 17.8. The third kappa shape index (κ3) is 7.17. The standard InChI is InChI=1S/C31H35ClFN5O4S/c1-18-9-11-19(12-10-18)27(30(40)35-17-22-8-5-15-42-22)38(21-13-14-24(33)23(32)16-21)31(41)28-25(34)26(37-43-28)29(39)36-20-6-3-2-4-7-20/h9-14,16,20,22,27H,2-8,15,17,34H2,1H3,(H,35,40)(H,36,39)/t22-,27+/m1/s1. The molecule has 1 aliphatic heterocycles. The SMILES string of the molecule is Cc1ccc([C@@H](C(=O)NC[C@H]2CCCO2)N(C(=O)c2snc(C(=O)NC3CCCCC3)c2N)c2ccc(F)c(Cl)c2)cc1. The van der Waals surface area contributed by atoms with Crippen molar-refractivity contribution < 1.29 is 23.5 Å². The molecule has 3 aromatic rings. The molecule has 2 fully saturated rings. The predicted molar refractivity (Wildman–Crippen MR) is 165 cm³/mol. The van der Waals surface area contributed by atoms with Gasteiger partial charge in [0, 0.05) is 24.9 Å². The molecule has 43 heavy (non-hydrogen) atoms. The van der Waals surface area contributed by atoms with Crippen LogP contribution in [0.1, 0.15) is 82.3 Å². The summed E-state index contributed by atoms with van der Waals surface area (Å²) in [6.07, 6.45) is 6.54. The lowest BCUT2D eigenvalue weighted by Gasteiger charge is -2.32. The van der Waals surface area contributed by atoms with Crippen molar-refractivity contribution in [3.8, 4) is 0 Å². The van der Waals surface area contributed by atoms with E-state index in [1.807, 2.05) is 19.1 Å². The quantitative estimate of drug-likeness (QED) is 0.285. The van der Waals surface area contributed by atoms with Crippen LogP contribution in [-0.2, 0) is 9.53 Å². The number of nitrogens with one attached hydrogen (secondary N) is 2. The number of rotatable bonds is 9. The van der Waals surface area contributed by atoms with Crippen molar-refractivity contribution in [1.29, 1.82) is 0 Å². The number of nitrogens with two attached hydrogens (primary N) is 1. The fourth-order valence-corrected chi connectivity index (χ4v) is 6.44. The molecule has 0 unspecified atom stereocenters. The third-order valence-electron chi connectivity index (χ3n) is 7.91. The van der Waals surface area contributed by atoms with Gasteiger partial charge in [-0.15, -0.1) is 0 Å². The average Bonchev–Trinajstić information content (AvgIpc) is 3.67. The van der Waals surface area contributed by atoms with E-state index in [0.717, 1.165) is 68.1 Å². The average molecular weight is 628 g/mol. The highest BCUT2D eigenvalue weighted by Gasteiger charge is 2.37. The second kappa shape index (κ2) is 13.8. The Balaban J connectivity index is 1.52. The molecule has 12 heteroatoms. The van der Waals surface area contributed by atoms with Gasteiger partial charge in [0.1, 0.15) is 16.7 Å². The van der Waals surface area contributed by atoms with Gasteiger partial charge in [-0.2, -0.15) is 4.37 Å². The number of nitrogen functional groups attached to an aromatic ring is 1. The molecular formula is C31H35ClFN5O4S. The molecule has 0 bridgehead atoms. The molecule has 3 amide bonds. The van der Waals surface area contributed by atoms with Gasteiger partial charge in [-0.25, -0.2) is 4.39 Å². The number of carbonyl (C=O) groups is 3. The Bertz CT molecular complexity index is 1470. The first-order valence-corrected chi connectivity index (χ1v) is 15.7. The number of benzene rings is 2. The Hall–Kier alpha value is -3.54. The number of anilines is 2. The molecule has 1 saturated heterocycles. The highest BCUT2D eigenvalue weighted by atomic mass is 35.5. The number of aryl methyl sites for hydroxylation is 1. The van der Waals surface area contributed by atoms with E-state index in [1.54, 1.807) is 12.1 Å². The molecule has 2 heterocycles. The molecule has 2 atom stereocenters. The number of amides is 3. The fraction of sp³-hybridized carbons (Fsp3) is 0.419. The summed E-state index contributed by atoms with van der Waals surface area (Å²) in [6, 6.07) is 9.84. The first-order chi connectivity index (χ1) is 20.7. The highest BCUT2D eigenvalue weighted by Crippen LogP contribution is 2.35. The lowest BCUT2D eigenvalue weighted by molar-refractivity contribution is -0.123. The van der Waals surface area contributed by atoms with Crippen LogP contribution < -0.4 is 21.3 Å². The number of ether oxygens (including phenoxy) is 1. The Morgan fingerprint density at radius 2 is 1.86 bits per heavy atom. The van der Waals surface area contributed by atoms with Crippen molar-refractivity contribution in [2.45, 2.75) is 70.1 Å². The van der Waals surface area contributed by atoms with Crippen molar-refractivity contribution in [3.05, 3.63) is 75.0 Å². The van der Waals surface area contributed by atoms with Gasteiger partial charge in [-0.1, -0.05) is 60.7 Å². The second-order valence-electron chi connectivity index (χ2n) is 11.0. The number of halogens is 2. The molecule has 0 radical (unpaired) electrons. The van der Waals surface area contributed by atoms with Gasteiger partial charge < -0.3 is 21.1 Å². The summed E-state index contributed by atoms with van der Waals surface area (Å²) in [4.78, 5) is 42.6. The van der Waals surface area contributed by atoms with Crippen LogP contribution in [0.3, 0.4) is 0 Å². The second-order valence-corrected chi connectivity index (χ2v) is 12.2. The van der Waals surface area contributed by atoms with Gasteiger partial charge in [0.25, 0.3) is 11.8 Å². The van der Waals surface area contributed by atoms with Gasteiger partial charge in [-0.05, 0) is 67.9 Å². The van der Waals surface area contributed by atoms with Gasteiger partial charge in [-0.3, -0.25) is 19.3 Å². The topological polar surface area (TPSA) is 127 Å². The first-order valence-electron chi connectivity index (χ1n) is 14.5. The molecule has 1 aliphatic carbocycles. The molecule has 9 nitrogen and oxygen atoms in total. The molecule has 1 aromatic heterocycles. The highest BCUT2D eigenvalue weighted by molar-refractivity contribution is 7.09. The third-order valence-corrected chi connectivity index (χ3v) is 9.05. The smallest absolute Gasteiger partial charge is 0.273 e. The van der Waals surface area contributed by atoms with Gasteiger partial charge in [0.2, 0.25) is 5.91 Å². The van der Waals surface area contributed by atoms with E-state index in [2.05, 4.69) is 15.0 Å². The molecular weight excluding hydrogens is 593 g/mol. The van der Waals surface area contributed by atoms with Crippen molar-refractivity contribution in [2.75, 3.05) is 23.8 Å². The van der Waals surface area contributed by atoms with Gasteiger partial charge >= 0.3 is 0 Å². The summed E-state index contributed by atoms with van der Waals surface area (Å²) >= 11 is 6.94. The Kier molecular flexibility index (Phi) is 9.94. The van der Waals surface area contributed by atoms with Crippen molar-refractivity contribution in [2.24, 2.45) is 0 Å². The monoisotopic (exact) mass is 627 g/mol. The van der Waals surface area contributed by atoms with E-state index >= 15 is 0 Å². The maximum atomic E-state index is 14.4. The molecule has 1 saturated carbocycles. The zero-order valence-corrected chi connectivity index (χ0v) is 25.5. The molecule has 2 aromatic carbocycles. The Morgan fingerprint density at radius 3 is 2.53 bits per heavy atom. The zero-order chi connectivity index (χ0) is 30.5. The summed E-state index contributed by atoms with van der Waals surface area (Å²) in [5.41, 5.74) is 7.93. The minimum absolute atomic E-state index is 0.0155. The van der Waals surface area contributed by atoms with Crippen LogP contribution in [-0.4, -0.2) is 47.4 Å². The van der Waals surface area contributed by atoms with Crippen molar-refractivity contribution in [3.63, 3.8) is 0 Å².